The third-order valence-corrected chi connectivity index (χ3v) is 1.87. The van der Waals surface area contributed by atoms with E-state index in [4.69, 9.17) is 9.47 Å². The zero-order valence-electron chi connectivity index (χ0n) is 8.31. The van der Waals surface area contributed by atoms with Crippen molar-refractivity contribution in [2.24, 2.45) is 4.99 Å². The van der Waals surface area contributed by atoms with Crippen LogP contribution < -0.4 is 9.47 Å². The Morgan fingerprint density at radius 2 is 2.13 bits per heavy atom. The predicted molar refractivity (Wildman–Crippen MR) is 58.9 cm³/mol. The van der Waals surface area contributed by atoms with Gasteiger partial charge in [-0.1, -0.05) is 6.07 Å². The molecule has 0 radical (unpaired) electrons. The van der Waals surface area contributed by atoms with Gasteiger partial charge in [-0.05, 0) is 24.4 Å². The van der Waals surface area contributed by atoms with Crippen LogP contribution in [-0.2, 0) is 0 Å². The van der Waals surface area contributed by atoms with E-state index in [0.717, 1.165) is 0 Å². The number of amides is 1. The summed E-state index contributed by atoms with van der Waals surface area (Å²) >= 11 is 4.36. The molecule has 0 atom stereocenters. The molecule has 0 unspecified atom stereocenters. The summed E-state index contributed by atoms with van der Waals surface area (Å²) in [7, 11) is 2.95. The van der Waals surface area contributed by atoms with Gasteiger partial charge in [-0.15, -0.1) is 0 Å². The second kappa shape index (κ2) is 5.24. The Morgan fingerprint density at radius 1 is 1.40 bits per heavy atom. The van der Waals surface area contributed by atoms with Gasteiger partial charge in [0.1, 0.15) is 0 Å². The van der Waals surface area contributed by atoms with E-state index in [1.807, 2.05) is 5.16 Å². The number of methoxy groups -OCH3 is 2. The van der Waals surface area contributed by atoms with Crippen LogP contribution in [0.3, 0.4) is 0 Å². The lowest BCUT2D eigenvalue weighted by molar-refractivity contribution is 0.1000. The van der Waals surface area contributed by atoms with E-state index in [1.165, 1.54) is 14.2 Å². The molecule has 5 heteroatoms. The van der Waals surface area contributed by atoms with Crippen LogP contribution in [0.2, 0.25) is 0 Å². The lowest BCUT2D eigenvalue weighted by Crippen LogP contribution is -2.00. The van der Waals surface area contributed by atoms with Crippen molar-refractivity contribution in [2.75, 3.05) is 14.2 Å². The molecule has 0 aliphatic carbocycles. The zero-order chi connectivity index (χ0) is 11.3. The first kappa shape index (κ1) is 11.4. The number of carbonyl (C=O) groups excluding carboxylic acids is 1. The molecule has 0 N–H and O–H groups in total. The van der Waals surface area contributed by atoms with Crippen molar-refractivity contribution in [3.63, 3.8) is 0 Å². The van der Waals surface area contributed by atoms with Crippen molar-refractivity contribution in [3.8, 4) is 11.5 Å². The van der Waals surface area contributed by atoms with Crippen molar-refractivity contribution in [1.29, 1.82) is 0 Å². The highest BCUT2D eigenvalue weighted by atomic mass is 32.1. The van der Waals surface area contributed by atoms with Crippen LogP contribution >= 0.6 is 12.2 Å². The molecule has 78 valence electrons. The molecule has 1 rings (SSSR count). The molecule has 15 heavy (non-hydrogen) atoms. The standard InChI is InChI=1S/C10H9NO3S/c1-13-8-5-3-4-7(9(8)14-2)10(12)11-6-15/h3-5H,1-2H3. The highest BCUT2D eigenvalue weighted by Crippen LogP contribution is 2.30. The number of aliphatic imine (C=N–C) groups is 1. The largest absolute Gasteiger partial charge is 0.493 e. The summed E-state index contributed by atoms with van der Waals surface area (Å²) in [5.74, 6) is 0.322. The van der Waals surface area contributed by atoms with Gasteiger partial charge in [-0.25, -0.2) is 0 Å². The van der Waals surface area contributed by atoms with Gasteiger partial charge in [0.05, 0.1) is 24.9 Å². The molecular weight excluding hydrogens is 214 g/mol. The fourth-order valence-electron chi connectivity index (χ4n) is 1.16. The molecule has 1 aromatic rings. The van der Waals surface area contributed by atoms with Crippen molar-refractivity contribution in [3.05, 3.63) is 23.8 Å². The monoisotopic (exact) mass is 223 g/mol. The van der Waals surface area contributed by atoms with E-state index >= 15 is 0 Å². The maximum atomic E-state index is 11.5. The topological polar surface area (TPSA) is 47.9 Å². The Morgan fingerprint density at radius 3 is 2.67 bits per heavy atom. The predicted octanol–water partition coefficient (Wildman–Crippen LogP) is 1.95. The second-order valence-corrected chi connectivity index (χ2v) is 2.73. The molecular formula is C10H9NO3S. The maximum absolute atomic E-state index is 11.5. The number of nitrogens with zero attached hydrogens (tertiary/aromatic N) is 1. The number of hydrogen-bond acceptors (Lipinski definition) is 4. The summed E-state index contributed by atoms with van der Waals surface area (Å²) in [6.07, 6.45) is 0. The van der Waals surface area contributed by atoms with Gasteiger partial charge in [-0.2, -0.15) is 4.99 Å². The summed E-state index contributed by atoms with van der Waals surface area (Å²) in [6.45, 7) is 0. The lowest BCUT2D eigenvalue weighted by atomic mass is 10.2. The fraction of sp³-hybridized carbons (Fsp3) is 0.200. The minimum atomic E-state index is -0.499. The molecule has 0 aliphatic heterocycles. The number of ether oxygens (including phenoxy) is 2. The number of benzene rings is 1. The Hall–Kier alpha value is -1.71. The summed E-state index contributed by atoms with van der Waals surface area (Å²) in [4.78, 5) is 14.8. The summed E-state index contributed by atoms with van der Waals surface area (Å²) < 4.78 is 10.1. The molecule has 0 heterocycles. The molecule has 1 amide bonds. The minimum absolute atomic E-state index is 0.300. The van der Waals surface area contributed by atoms with Crippen molar-refractivity contribution < 1.29 is 14.3 Å². The zero-order valence-corrected chi connectivity index (χ0v) is 9.13. The molecule has 4 nitrogen and oxygen atoms in total. The average Bonchev–Trinajstić information content (AvgIpc) is 2.28. The van der Waals surface area contributed by atoms with Crippen LogP contribution in [0.25, 0.3) is 0 Å². The number of rotatable bonds is 3. The summed E-state index contributed by atoms with van der Waals surface area (Å²) in [5, 5.41) is 2.02. The first-order chi connectivity index (χ1) is 7.24. The van der Waals surface area contributed by atoms with E-state index in [0.29, 0.717) is 17.1 Å². The van der Waals surface area contributed by atoms with E-state index in [9.17, 15) is 4.79 Å². The second-order valence-electron chi connectivity index (χ2n) is 2.55. The van der Waals surface area contributed by atoms with Crippen LogP contribution in [-0.4, -0.2) is 25.3 Å². The van der Waals surface area contributed by atoms with Gasteiger partial charge < -0.3 is 9.47 Å². The number of isothiocyanates is 1. The van der Waals surface area contributed by atoms with Gasteiger partial charge >= 0.3 is 0 Å². The quantitative estimate of drug-likeness (QED) is 0.580. The maximum Gasteiger partial charge on any atom is 0.289 e. The Labute approximate surface area is 92.5 Å². The van der Waals surface area contributed by atoms with E-state index in [-0.39, 0.29) is 0 Å². The number of carbonyl (C=O) groups is 1. The Balaban J connectivity index is 3.28. The van der Waals surface area contributed by atoms with Gasteiger partial charge in [-0.3, -0.25) is 4.79 Å². The number of thiocarbonyl (C=S) groups is 1. The Bertz CT molecular complexity index is 425. The first-order valence-electron chi connectivity index (χ1n) is 4.07. The molecule has 0 aromatic heterocycles. The molecule has 0 saturated heterocycles. The van der Waals surface area contributed by atoms with Crippen molar-refractivity contribution in [2.45, 2.75) is 0 Å². The smallest absolute Gasteiger partial charge is 0.289 e. The van der Waals surface area contributed by atoms with Gasteiger partial charge in [0.15, 0.2) is 11.5 Å². The third-order valence-electron chi connectivity index (χ3n) is 1.78. The molecule has 0 fully saturated rings. The van der Waals surface area contributed by atoms with Gasteiger partial charge in [0.2, 0.25) is 0 Å². The van der Waals surface area contributed by atoms with Crippen LogP contribution in [0.15, 0.2) is 23.2 Å². The Kier molecular flexibility index (Phi) is 3.97. The summed E-state index contributed by atoms with van der Waals surface area (Å²) in [5.41, 5.74) is 0.300. The van der Waals surface area contributed by atoms with Gasteiger partial charge in [0, 0.05) is 0 Å². The van der Waals surface area contributed by atoms with E-state index in [1.54, 1.807) is 18.2 Å². The van der Waals surface area contributed by atoms with Crippen LogP contribution in [0, 0.1) is 0 Å². The normalized spacial score (nSPS) is 8.93. The molecule has 0 bridgehead atoms. The van der Waals surface area contributed by atoms with Crippen LogP contribution in [0.5, 0.6) is 11.5 Å². The molecule has 1 aromatic carbocycles. The SMILES string of the molecule is COc1cccc(C(=O)N=C=S)c1OC. The van der Waals surface area contributed by atoms with Gasteiger partial charge in [0.25, 0.3) is 5.91 Å². The van der Waals surface area contributed by atoms with E-state index < -0.39 is 5.91 Å². The fourth-order valence-corrected chi connectivity index (χ4v) is 1.24. The lowest BCUT2D eigenvalue weighted by Gasteiger charge is -2.09. The average molecular weight is 223 g/mol. The van der Waals surface area contributed by atoms with Crippen LogP contribution in [0.4, 0.5) is 0 Å². The summed E-state index contributed by atoms with van der Waals surface area (Å²) in [6, 6.07) is 4.95. The van der Waals surface area contributed by atoms with Crippen molar-refractivity contribution >= 4 is 23.3 Å². The molecule has 0 aliphatic rings. The highest BCUT2D eigenvalue weighted by Gasteiger charge is 2.15. The first-order valence-corrected chi connectivity index (χ1v) is 4.48. The molecule has 0 saturated carbocycles. The highest BCUT2D eigenvalue weighted by molar-refractivity contribution is 7.78. The van der Waals surface area contributed by atoms with E-state index in [2.05, 4.69) is 17.2 Å². The number of para-hydroxylation sites is 1. The molecule has 0 spiro atoms. The number of hydrogen-bond donors (Lipinski definition) is 0. The van der Waals surface area contributed by atoms with Crippen molar-refractivity contribution in [1.82, 2.24) is 0 Å². The third kappa shape index (κ3) is 2.40. The minimum Gasteiger partial charge on any atom is -0.493 e. The van der Waals surface area contributed by atoms with Crippen LogP contribution in [0.1, 0.15) is 10.4 Å².